The van der Waals surface area contributed by atoms with Crippen LogP contribution in [-0.4, -0.2) is 6.29 Å². The van der Waals surface area contributed by atoms with E-state index in [2.05, 4.69) is 0 Å². The summed E-state index contributed by atoms with van der Waals surface area (Å²) in [5.74, 6) is 0.279. The molecule has 0 saturated heterocycles. The number of carbonyl (C=O) groups excluding carboxylic acids is 1. The predicted molar refractivity (Wildman–Crippen MR) is 76.4 cm³/mol. The van der Waals surface area contributed by atoms with Gasteiger partial charge in [-0.15, -0.1) is 0 Å². The lowest BCUT2D eigenvalue weighted by atomic mass is 9.95. The van der Waals surface area contributed by atoms with Gasteiger partial charge in [0.05, 0.1) is 5.56 Å². The SMILES string of the molecule is CC(C)c1cccc(-c2cc(C=O)cc(C(F)(F)F)c2)c1. The third-order valence-corrected chi connectivity index (χ3v) is 3.31. The second-order valence-electron chi connectivity index (χ2n) is 5.24. The first-order chi connectivity index (χ1) is 9.81. The van der Waals surface area contributed by atoms with E-state index < -0.39 is 11.7 Å². The Morgan fingerprint density at radius 2 is 1.71 bits per heavy atom. The smallest absolute Gasteiger partial charge is 0.298 e. The average molecular weight is 292 g/mol. The Balaban J connectivity index is 2.58. The number of aldehydes is 1. The van der Waals surface area contributed by atoms with Crippen molar-refractivity contribution in [2.45, 2.75) is 25.9 Å². The van der Waals surface area contributed by atoms with Gasteiger partial charge in [0, 0.05) is 5.56 Å². The van der Waals surface area contributed by atoms with Gasteiger partial charge in [0.25, 0.3) is 0 Å². The Morgan fingerprint density at radius 3 is 2.29 bits per heavy atom. The summed E-state index contributed by atoms with van der Waals surface area (Å²) >= 11 is 0. The molecule has 110 valence electrons. The maximum atomic E-state index is 12.9. The molecule has 0 fully saturated rings. The van der Waals surface area contributed by atoms with Gasteiger partial charge in [-0.05, 0) is 40.8 Å². The molecule has 4 heteroatoms. The zero-order valence-corrected chi connectivity index (χ0v) is 11.7. The molecule has 2 rings (SSSR count). The normalized spacial score (nSPS) is 11.7. The fourth-order valence-electron chi connectivity index (χ4n) is 2.13. The van der Waals surface area contributed by atoms with Crippen molar-refractivity contribution in [2.75, 3.05) is 0 Å². The second-order valence-corrected chi connectivity index (χ2v) is 5.24. The minimum atomic E-state index is -4.47. The first-order valence-electron chi connectivity index (χ1n) is 6.59. The highest BCUT2D eigenvalue weighted by Crippen LogP contribution is 2.33. The molecule has 0 aromatic heterocycles. The van der Waals surface area contributed by atoms with Crippen LogP contribution in [0.25, 0.3) is 11.1 Å². The van der Waals surface area contributed by atoms with Crippen LogP contribution in [0.3, 0.4) is 0 Å². The molecule has 0 saturated carbocycles. The van der Waals surface area contributed by atoms with Crippen molar-refractivity contribution < 1.29 is 18.0 Å². The molecule has 0 bridgehead atoms. The van der Waals surface area contributed by atoms with Crippen molar-refractivity contribution in [3.63, 3.8) is 0 Å². The van der Waals surface area contributed by atoms with Gasteiger partial charge in [0.2, 0.25) is 0 Å². The zero-order valence-electron chi connectivity index (χ0n) is 11.7. The van der Waals surface area contributed by atoms with Crippen molar-refractivity contribution in [3.05, 3.63) is 59.2 Å². The highest BCUT2D eigenvalue weighted by atomic mass is 19.4. The van der Waals surface area contributed by atoms with Crippen LogP contribution < -0.4 is 0 Å². The Hall–Kier alpha value is -2.10. The molecular weight excluding hydrogens is 277 g/mol. The Kier molecular flexibility index (Phi) is 4.16. The van der Waals surface area contributed by atoms with Crippen molar-refractivity contribution in [2.24, 2.45) is 0 Å². The van der Waals surface area contributed by atoms with Gasteiger partial charge in [0.1, 0.15) is 6.29 Å². The van der Waals surface area contributed by atoms with E-state index in [1.807, 2.05) is 32.0 Å². The molecule has 21 heavy (non-hydrogen) atoms. The molecule has 0 spiro atoms. The van der Waals surface area contributed by atoms with E-state index in [0.717, 1.165) is 17.7 Å². The van der Waals surface area contributed by atoms with Gasteiger partial charge < -0.3 is 0 Å². The van der Waals surface area contributed by atoms with Crippen molar-refractivity contribution >= 4 is 6.29 Å². The van der Waals surface area contributed by atoms with E-state index >= 15 is 0 Å². The number of benzene rings is 2. The summed E-state index contributed by atoms with van der Waals surface area (Å²) in [6.07, 6.45) is -4.03. The van der Waals surface area contributed by atoms with Gasteiger partial charge in [-0.1, -0.05) is 38.1 Å². The van der Waals surface area contributed by atoms with Crippen LogP contribution in [0.1, 0.15) is 41.3 Å². The van der Waals surface area contributed by atoms with Crippen LogP contribution >= 0.6 is 0 Å². The molecule has 0 aliphatic heterocycles. The number of hydrogen-bond donors (Lipinski definition) is 0. The Bertz CT molecular complexity index is 657. The fraction of sp³-hybridized carbons (Fsp3) is 0.235. The summed E-state index contributed by atoms with van der Waals surface area (Å²) in [6.45, 7) is 4.03. The largest absolute Gasteiger partial charge is 0.416 e. The molecule has 0 aliphatic rings. The molecule has 0 heterocycles. The fourth-order valence-corrected chi connectivity index (χ4v) is 2.13. The van der Waals surface area contributed by atoms with Crippen molar-refractivity contribution in [1.29, 1.82) is 0 Å². The van der Waals surface area contributed by atoms with Gasteiger partial charge in [-0.25, -0.2) is 0 Å². The molecule has 0 amide bonds. The summed E-state index contributed by atoms with van der Waals surface area (Å²) in [6, 6.07) is 10.8. The van der Waals surface area contributed by atoms with Crippen LogP contribution in [0.2, 0.25) is 0 Å². The number of alkyl halides is 3. The quantitative estimate of drug-likeness (QED) is 0.701. The van der Waals surface area contributed by atoms with Crippen LogP contribution in [0.5, 0.6) is 0 Å². The highest BCUT2D eigenvalue weighted by molar-refractivity contribution is 5.80. The van der Waals surface area contributed by atoms with E-state index in [9.17, 15) is 18.0 Å². The summed E-state index contributed by atoms with van der Waals surface area (Å²) < 4.78 is 38.7. The highest BCUT2D eigenvalue weighted by Gasteiger charge is 2.31. The topological polar surface area (TPSA) is 17.1 Å². The summed E-state index contributed by atoms with van der Waals surface area (Å²) in [7, 11) is 0. The first kappa shape index (κ1) is 15.3. The molecular formula is C17H15F3O. The molecule has 0 N–H and O–H groups in total. The minimum absolute atomic E-state index is 0.0229. The van der Waals surface area contributed by atoms with E-state index in [4.69, 9.17) is 0 Å². The van der Waals surface area contributed by atoms with Gasteiger partial charge >= 0.3 is 6.18 Å². The molecule has 2 aromatic carbocycles. The number of hydrogen-bond acceptors (Lipinski definition) is 1. The second kappa shape index (κ2) is 5.72. The Labute approximate surface area is 121 Å². The monoisotopic (exact) mass is 292 g/mol. The van der Waals surface area contributed by atoms with E-state index in [1.165, 1.54) is 6.07 Å². The average Bonchev–Trinajstić information content (AvgIpc) is 2.46. The summed E-state index contributed by atoms with van der Waals surface area (Å²) in [5, 5.41) is 0. The standard InChI is InChI=1S/C17H15F3O/c1-11(2)13-4-3-5-14(8-13)15-6-12(10-21)7-16(9-15)17(18,19)20/h3-11H,1-2H3. The molecule has 0 radical (unpaired) electrons. The van der Waals surface area contributed by atoms with Gasteiger partial charge in [-0.2, -0.15) is 13.2 Å². The molecule has 2 aromatic rings. The minimum Gasteiger partial charge on any atom is -0.298 e. The number of carbonyl (C=O) groups is 1. The predicted octanol–water partition coefficient (Wildman–Crippen LogP) is 5.31. The third kappa shape index (κ3) is 3.51. The lowest BCUT2D eigenvalue weighted by Crippen LogP contribution is -2.06. The van der Waals surface area contributed by atoms with Crippen LogP contribution in [-0.2, 0) is 6.18 Å². The summed E-state index contributed by atoms with van der Waals surface area (Å²) in [4.78, 5) is 10.9. The van der Waals surface area contributed by atoms with Crippen LogP contribution in [0.4, 0.5) is 13.2 Å². The lowest BCUT2D eigenvalue weighted by molar-refractivity contribution is -0.137. The maximum Gasteiger partial charge on any atom is 0.416 e. The number of halogens is 3. The first-order valence-corrected chi connectivity index (χ1v) is 6.59. The Morgan fingerprint density at radius 1 is 1.00 bits per heavy atom. The lowest BCUT2D eigenvalue weighted by Gasteiger charge is -2.12. The van der Waals surface area contributed by atoms with E-state index in [1.54, 1.807) is 6.07 Å². The van der Waals surface area contributed by atoms with Crippen LogP contribution in [0, 0.1) is 0 Å². The third-order valence-electron chi connectivity index (χ3n) is 3.31. The molecule has 0 atom stereocenters. The van der Waals surface area contributed by atoms with Crippen molar-refractivity contribution in [3.8, 4) is 11.1 Å². The maximum absolute atomic E-state index is 12.9. The zero-order chi connectivity index (χ0) is 15.6. The molecule has 0 unspecified atom stereocenters. The van der Waals surface area contributed by atoms with Gasteiger partial charge in [0.15, 0.2) is 0 Å². The molecule has 0 aliphatic carbocycles. The van der Waals surface area contributed by atoms with E-state index in [-0.39, 0.29) is 11.5 Å². The van der Waals surface area contributed by atoms with Gasteiger partial charge in [-0.3, -0.25) is 4.79 Å². The molecule has 1 nitrogen and oxygen atoms in total. The van der Waals surface area contributed by atoms with Crippen molar-refractivity contribution in [1.82, 2.24) is 0 Å². The number of rotatable bonds is 3. The summed E-state index contributed by atoms with van der Waals surface area (Å²) in [5.41, 5.74) is 1.33. The van der Waals surface area contributed by atoms with E-state index in [0.29, 0.717) is 17.4 Å². The van der Waals surface area contributed by atoms with Crippen LogP contribution in [0.15, 0.2) is 42.5 Å².